The Balaban J connectivity index is 1.83. The molecule has 1 aromatic heterocycles. The summed E-state index contributed by atoms with van der Waals surface area (Å²) in [6.07, 6.45) is 0. The molecule has 130 valence electrons. The number of anilines is 2. The van der Waals surface area contributed by atoms with Crippen molar-refractivity contribution in [2.24, 2.45) is 0 Å². The van der Waals surface area contributed by atoms with Gasteiger partial charge in [0.15, 0.2) is 17.4 Å². The molecule has 0 radical (unpaired) electrons. The minimum atomic E-state index is -0.771. The van der Waals surface area contributed by atoms with Gasteiger partial charge >= 0.3 is 0 Å². The van der Waals surface area contributed by atoms with E-state index in [1.165, 1.54) is 6.07 Å². The number of benzene rings is 2. The van der Waals surface area contributed by atoms with Crippen molar-refractivity contribution in [3.05, 3.63) is 65.2 Å². The molecule has 0 bridgehead atoms. The predicted octanol–water partition coefficient (Wildman–Crippen LogP) is 3.04. The zero-order chi connectivity index (χ0) is 18.7. The van der Waals surface area contributed by atoms with E-state index in [9.17, 15) is 14.0 Å². The Kier molecular flexibility index (Phi) is 4.62. The normalized spacial score (nSPS) is 10.3. The summed E-state index contributed by atoms with van der Waals surface area (Å²) in [6.45, 7) is -0.0305. The van der Waals surface area contributed by atoms with Crippen LogP contribution in [0.5, 0.6) is 5.75 Å². The van der Waals surface area contributed by atoms with Gasteiger partial charge in [0.25, 0.3) is 0 Å². The number of nitrogen functional groups attached to an aromatic ring is 2. The number of nitriles is 1. The Morgan fingerprint density at radius 3 is 2.27 bits per heavy atom. The lowest BCUT2D eigenvalue weighted by Crippen LogP contribution is -2.05. The van der Waals surface area contributed by atoms with E-state index in [0.717, 1.165) is 12.1 Å². The second kappa shape index (κ2) is 7.03. The summed E-state index contributed by atoms with van der Waals surface area (Å²) in [5.74, 6) is -2.02. The molecule has 0 saturated carbocycles. The summed E-state index contributed by atoms with van der Waals surface area (Å²) < 4.78 is 32.3. The molecule has 4 N–H and O–H groups in total. The van der Waals surface area contributed by atoms with Gasteiger partial charge in [-0.3, -0.25) is 0 Å². The van der Waals surface area contributed by atoms with Crippen LogP contribution in [0.25, 0.3) is 11.3 Å². The number of rotatable bonds is 4. The molecule has 1 heterocycles. The van der Waals surface area contributed by atoms with Crippen LogP contribution in [0.1, 0.15) is 11.1 Å². The number of aromatic nitrogens is 2. The fourth-order valence-electron chi connectivity index (χ4n) is 2.35. The van der Waals surface area contributed by atoms with Gasteiger partial charge in [0.2, 0.25) is 5.95 Å². The molecule has 0 saturated heterocycles. The van der Waals surface area contributed by atoms with Crippen molar-refractivity contribution in [1.29, 1.82) is 5.26 Å². The van der Waals surface area contributed by atoms with Gasteiger partial charge in [-0.25, -0.2) is 13.8 Å². The molecule has 0 aliphatic heterocycles. The monoisotopic (exact) mass is 353 g/mol. The van der Waals surface area contributed by atoms with Crippen LogP contribution in [0, 0.1) is 23.0 Å². The lowest BCUT2D eigenvalue weighted by atomic mass is 10.1. The second-order valence-electron chi connectivity index (χ2n) is 5.34. The van der Waals surface area contributed by atoms with Gasteiger partial charge in [-0.05, 0) is 17.7 Å². The number of nitrogens with two attached hydrogens (primary N) is 2. The third-order valence-electron chi connectivity index (χ3n) is 3.60. The lowest BCUT2D eigenvalue weighted by molar-refractivity contribution is 0.274. The fourth-order valence-corrected chi connectivity index (χ4v) is 2.35. The van der Waals surface area contributed by atoms with Crippen molar-refractivity contribution in [1.82, 2.24) is 9.97 Å². The maximum absolute atomic E-state index is 13.6. The number of hydrogen-bond donors (Lipinski definition) is 2. The van der Waals surface area contributed by atoms with E-state index in [-0.39, 0.29) is 23.9 Å². The first-order chi connectivity index (χ1) is 12.5. The molecule has 0 atom stereocenters. The maximum atomic E-state index is 13.6. The van der Waals surface area contributed by atoms with Crippen LogP contribution in [0.15, 0.2) is 42.5 Å². The molecule has 0 unspecified atom stereocenters. The molecule has 0 amide bonds. The van der Waals surface area contributed by atoms with E-state index in [2.05, 4.69) is 9.97 Å². The first-order valence-corrected chi connectivity index (χ1v) is 7.49. The molecule has 6 nitrogen and oxygen atoms in total. The van der Waals surface area contributed by atoms with Crippen LogP contribution in [-0.2, 0) is 6.61 Å². The molecular formula is C18H13F2N5O. The second-order valence-corrected chi connectivity index (χ2v) is 5.34. The SMILES string of the molecule is N#Cc1c(N)nc(N)nc1-c1ccc(COc2c(F)cccc2F)cc1. The first-order valence-electron chi connectivity index (χ1n) is 7.49. The van der Waals surface area contributed by atoms with Gasteiger partial charge < -0.3 is 16.2 Å². The third kappa shape index (κ3) is 3.37. The molecule has 8 heteroatoms. The maximum Gasteiger partial charge on any atom is 0.222 e. The van der Waals surface area contributed by atoms with E-state index < -0.39 is 17.4 Å². The molecule has 0 aliphatic rings. The molecule has 0 aliphatic carbocycles. The standard InChI is InChI=1S/C18H13F2N5O/c19-13-2-1-3-14(20)16(13)26-9-10-4-6-11(7-5-10)15-12(8-21)17(22)25-18(23)24-15/h1-7H,9H2,(H4,22,23,24,25). The molecule has 26 heavy (non-hydrogen) atoms. The molecule has 0 spiro atoms. The molecule has 0 fully saturated rings. The average molecular weight is 353 g/mol. The Morgan fingerprint density at radius 2 is 1.65 bits per heavy atom. The molecule has 2 aromatic carbocycles. The fraction of sp³-hybridized carbons (Fsp3) is 0.0556. The summed E-state index contributed by atoms with van der Waals surface area (Å²) in [7, 11) is 0. The Bertz CT molecular complexity index is 979. The van der Waals surface area contributed by atoms with E-state index in [1.54, 1.807) is 24.3 Å². The van der Waals surface area contributed by atoms with Crippen LogP contribution in [0.4, 0.5) is 20.5 Å². The van der Waals surface area contributed by atoms with Gasteiger partial charge in [0, 0.05) is 5.56 Å². The van der Waals surface area contributed by atoms with Crippen LogP contribution in [0.2, 0.25) is 0 Å². The smallest absolute Gasteiger partial charge is 0.222 e. The number of para-hydroxylation sites is 1. The summed E-state index contributed by atoms with van der Waals surface area (Å²) in [4.78, 5) is 7.81. The number of halogens is 2. The number of ether oxygens (including phenoxy) is 1. The summed E-state index contributed by atoms with van der Waals surface area (Å²) in [5, 5.41) is 9.23. The van der Waals surface area contributed by atoms with Gasteiger partial charge in [-0.1, -0.05) is 30.3 Å². The zero-order valence-corrected chi connectivity index (χ0v) is 13.4. The first kappa shape index (κ1) is 17.1. The minimum absolute atomic E-state index is 0.00237. The van der Waals surface area contributed by atoms with Crippen LogP contribution in [0.3, 0.4) is 0 Å². The molecule has 3 rings (SSSR count). The van der Waals surface area contributed by atoms with Crippen molar-refractivity contribution in [2.75, 3.05) is 11.5 Å². The van der Waals surface area contributed by atoms with E-state index >= 15 is 0 Å². The average Bonchev–Trinajstić information content (AvgIpc) is 2.61. The highest BCUT2D eigenvalue weighted by atomic mass is 19.1. The van der Waals surface area contributed by atoms with E-state index in [1.807, 2.05) is 6.07 Å². The lowest BCUT2D eigenvalue weighted by Gasteiger charge is -2.10. The topological polar surface area (TPSA) is 111 Å². The highest BCUT2D eigenvalue weighted by Crippen LogP contribution is 2.26. The van der Waals surface area contributed by atoms with Gasteiger partial charge in [-0.2, -0.15) is 10.2 Å². The number of hydrogen-bond acceptors (Lipinski definition) is 6. The van der Waals surface area contributed by atoms with Crippen LogP contribution >= 0.6 is 0 Å². The third-order valence-corrected chi connectivity index (χ3v) is 3.60. The van der Waals surface area contributed by atoms with Crippen molar-refractivity contribution in [3.8, 4) is 23.1 Å². The van der Waals surface area contributed by atoms with E-state index in [4.69, 9.17) is 16.2 Å². The highest BCUT2D eigenvalue weighted by molar-refractivity contribution is 5.73. The summed E-state index contributed by atoms with van der Waals surface area (Å²) in [5.41, 5.74) is 13.0. The molecule has 3 aromatic rings. The Labute approximate surface area is 147 Å². The van der Waals surface area contributed by atoms with Crippen molar-refractivity contribution in [2.45, 2.75) is 6.61 Å². The highest BCUT2D eigenvalue weighted by Gasteiger charge is 2.14. The summed E-state index contributed by atoms with van der Waals surface area (Å²) >= 11 is 0. The predicted molar refractivity (Wildman–Crippen MR) is 91.7 cm³/mol. The Morgan fingerprint density at radius 1 is 1.00 bits per heavy atom. The quantitative estimate of drug-likeness (QED) is 0.746. The van der Waals surface area contributed by atoms with Crippen LogP contribution < -0.4 is 16.2 Å². The largest absolute Gasteiger partial charge is 0.483 e. The van der Waals surface area contributed by atoms with Crippen molar-refractivity contribution < 1.29 is 13.5 Å². The minimum Gasteiger partial charge on any atom is -0.483 e. The Hall–Kier alpha value is -3.73. The van der Waals surface area contributed by atoms with E-state index in [0.29, 0.717) is 16.8 Å². The van der Waals surface area contributed by atoms with Crippen LogP contribution in [-0.4, -0.2) is 9.97 Å². The van der Waals surface area contributed by atoms with Gasteiger partial charge in [0.1, 0.15) is 24.1 Å². The van der Waals surface area contributed by atoms with Crippen molar-refractivity contribution in [3.63, 3.8) is 0 Å². The zero-order valence-electron chi connectivity index (χ0n) is 13.4. The van der Waals surface area contributed by atoms with Crippen molar-refractivity contribution >= 4 is 11.8 Å². The van der Waals surface area contributed by atoms with Gasteiger partial charge in [0.05, 0.1) is 5.69 Å². The summed E-state index contributed by atoms with van der Waals surface area (Å²) in [6, 6.07) is 12.2. The number of nitrogens with zero attached hydrogens (tertiary/aromatic N) is 3. The molecular weight excluding hydrogens is 340 g/mol. The van der Waals surface area contributed by atoms with Gasteiger partial charge in [-0.15, -0.1) is 0 Å².